The molecule has 0 aliphatic heterocycles. The monoisotopic (exact) mass is 477 g/mol. The van der Waals surface area contributed by atoms with E-state index in [-0.39, 0.29) is 4.90 Å². The summed E-state index contributed by atoms with van der Waals surface area (Å²) >= 11 is 0. The minimum Gasteiger partial charge on any atom is -0.378 e. The van der Waals surface area contributed by atoms with Gasteiger partial charge in [0.2, 0.25) is 0 Å². The summed E-state index contributed by atoms with van der Waals surface area (Å²) in [5.41, 5.74) is 3.71. The summed E-state index contributed by atoms with van der Waals surface area (Å²) in [6.45, 7) is 14.0. The van der Waals surface area contributed by atoms with Crippen molar-refractivity contribution >= 4 is 21.2 Å². The SMILES string of the molecule is Cc1ccccc1S(=O)(=O)Oc1c(C(C)(C)C)cc(-n2nc3ccccc3n2)cc1C(C)(C)C. The maximum atomic E-state index is 13.4. The van der Waals surface area contributed by atoms with Crippen molar-refractivity contribution in [3.63, 3.8) is 0 Å². The van der Waals surface area contributed by atoms with Crippen molar-refractivity contribution in [2.24, 2.45) is 0 Å². The van der Waals surface area contributed by atoms with Crippen LogP contribution < -0.4 is 4.18 Å². The Balaban J connectivity index is 1.96. The fourth-order valence-corrected chi connectivity index (χ4v) is 5.10. The molecular formula is C27H31N3O3S. The Morgan fingerprint density at radius 3 is 1.71 bits per heavy atom. The van der Waals surface area contributed by atoms with Crippen molar-refractivity contribution in [2.75, 3.05) is 0 Å². The molecule has 34 heavy (non-hydrogen) atoms. The summed E-state index contributed by atoms with van der Waals surface area (Å²) in [5.74, 6) is 0.365. The van der Waals surface area contributed by atoms with Crippen LogP contribution in [0.4, 0.5) is 0 Å². The van der Waals surface area contributed by atoms with E-state index in [0.29, 0.717) is 11.3 Å². The van der Waals surface area contributed by atoms with Gasteiger partial charge in [-0.3, -0.25) is 0 Å². The Kier molecular flexibility index (Phi) is 5.80. The standard InChI is InChI=1S/C27H31N3O3S/c1-18-12-8-11-15-24(18)34(31,32)33-25-20(26(2,3)4)16-19(17-21(25)27(5,6)7)30-28-22-13-9-10-14-23(22)29-30/h8-17H,1-7H3. The number of hydrogen-bond donors (Lipinski definition) is 0. The van der Waals surface area contributed by atoms with E-state index in [1.165, 1.54) is 0 Å². The second-order valence-electron chi connectivity index (χ2n) is 10.7. The zero-order valence-electron chi connectivity index (χ0n) is 20.7. The van der Waals surface area contributed by atoms with E-state index in [9.17, 15) is 8.42 Å². The molecule has 0 N–H and O–H groups in total. The fourth-order valence-electron chi connectivity index (χ4n) is 3.90. The van der Waals surface area contributed by atoms with Crippen molar-refractivity contribution in [1.82, 2.24) is 15.0 Å². The van der Waals surface area contributed by atoms with Crippen LogP contribution in [0.3, 0.4) is 0 Å². The first-order valence-corrected chi connectivity index (χ1v) is 12.7. The summed E-state index contributed by atoms with van der Waals surface area (Å²) in [6.07, 6.45) is 0. The molecule has 0 saturated carbocycles. The molecule has 0 aliphatic rings. The van der Waals surface area contributed by atoms with Crippen molar-refractivity contribution in [3.05, 3.63) is 77.4 Å². The first kappa shape index (κ1) is 24.0. The Bertz CT molecular complexity index is 1410. The van der Waals surface area contributed by atoms with Gasteiger partial charge < -0.3 is 4.18 Å². The molecule has 7 heteroatoms. The highest BCUT2D eigenvalue weighted by Gasteiger charge is 2.32. The van der Waals surface area contributed by atoms with Gasteiger partial charge in [-0.1, -0.05) is 71.9 Å². The number of benzene rings is 3. The van der Waals surface area contributed by atoms with Gasteiger partial charge in [-0.05, 0) is 53.6 Å². The van der Waals surface area contributed by atoms with Crippen LogP contribution >= 0.6 is 0 Å². The van der Waals surface area contributed by atoms with E-state index in [4.69, 9.17) is 4.18 Å². The largest absolute Gasteiger partial charge is 0.378 e. The molecule has 4 rings (SSSR count). The lowest BCUT2D eigenvalue weighted by molar-refractivity contribution is 0.453. The van der Waals surface area contributed by atoms with E-state index in [1.807, 2.05) is 84.0 Å². The normalized spacial score (nSPS) is 12.8. The van der Waals surface area contributed by atoms with Gasteiger partial charge in [0.25, 0.3) is 0 Å². The van der Waals surface area contributed by atoms with Gasteiger partial charge in [-0.2, -0.15) is 13.2 Å². The number of nitrogens with zero attached hydrogens (tertiary/aromatic N) is 3. The fraction of sp³-hybridized carbons (Fsp3) is 0.333. The second-order valence-corrected chi connectivity index (χ2v) is 12.2. The summed E-state index contributed by atoms with van der Waals surface area (Å²) in [5, 5.41) is 9.28. The van der Waals surface area contributed by atoms with Gasteiger partial charge in [0.05, 0.1) is 5.69 Å². The minimum atomic E-state index is -4.05. The summed E-state index contributed by atoms with van der Waals surface area (Å²) in [7, 11) is -4.05. The number of aromatic nitrogens is 3. The molecule has 178 valence electrons. The molecule has 0 radical (unpaired) electrons. The highest BCUT2D eigenvalue weighted by Crippen LogP contribution is 2.42. The van der Waals surface area contributed by atoms with Crippen LogP contribution in [-0.2, 0) is 20.9 Å². The lowest BCUT2D eigenvalue weighted by atomic mass is 9.79. The Morgan fingerprint density at radius 2 is 1.24 bits per heavy atom. The van der Waals surface area contributed by atoms with Crippen molar-refractivity contribution in [3.8, 4) is 11.4 Å². The third-order valence-corrected chi connectivity index (χ3v) is 7.15. The number of aryl methyl sites for hydroxylation is 1. The van der Waals surface area contributed by atoms with Crippen molar-refractivity contribution in [1.29, 1.82) is 0 Å². The summed E-state index contributed by atoms with van der Waals surface area (Å²) < 4.78 is 32.8. The van der Waals surface area contributed by atoms with E-state index in [0.717, 1.165) is 27.8 Å². The predicted octanol–water partition coefficient (Wildman–Crippen LogP) is 6.09. The third kappa shape index (κ3) is 4.57. The van der Waals surface area contributed by atoms with Gasteiger partial charge in [0.1, 0.15) is 15.9 Å². The van der Waals surface area contributed by atoms with Crippen LogP contribution in [0.15, 0.2) is 65.6 Å². The van der Waals surface area contributed by atoms with Gasteiger partial charge in [-0.25, -0.2) is 0 Å². The van der Waals surface area contributed by atoms with Crippen LogP contribution in [-0.4, -0.2) is 23.4 Å². The molecule has 0 amide bonds. The van der Waals surface area contributed by atoms with Crippen molar-refractivity contribution in [2.45, 2.75) is 64.2 Å². The van der Waals surface area contributed by atoms with Crippen LogP contribution in [0.5, 0.6) is 5.75 Å². The molecule has 0 aliphatic carbocycles. The number of hydrogen-bond acceptors (Lipinski definition) is 5. The van der Waals surface area contributed by atoms with Crippen LogP contribution in [0, 0.1) is 6.92 Å². The minimum absolute atomic E-state index is 0.166. The Hall–Kier alpha value is -3.19. The molecule has 0 bridgehead atoms. The number of fused-ring (bicyclic) bond motifs is 1. The molecular weight excluding hydrogens is 446 g/mol. The molecule has 1 heterocycles. The molecule has 0 spiro atoms. The highest BCUT2D eigenvalue weighted by atomic mass is 32.2. The second kappa shape index (κ2) is 8.24. The maximum Gasteiger partial charge on any atom is 0.339 e. The van der Waals surface area contributed by atoms with Gasteiger partial charge in [0, 0.05) is 11.1 Å². The van der Waals surface area contributed by atoms with Gasteiger partial charge in [-0.15, -0.1) is 10.2 Å². The zero-order chi connectivity index (χ0) is 24.9. The Morgan fingerprint density at radius 1 is 0.765 bits per heavy atom. The lowest BCUT2D eigenvalue weighted by Gasteiger charge is -2.30. The molecule has 0 fully saturated rings. The molecule has 6 nitrogen and oxygen atoms in total. The Labute approximate surface area is 201 Å². The maximum absolute atomic E-state index is 13.4. The van der Waals surface area contributed by atoms with E-state index < -0.39 is 20.9 Å². The zero-order valence-corrected chi connectivity index (χ0v) is 21.6. The van der Waals surface area contributed by atoms with E-state index in [2.05, 4.69) is 10.2 Å². The van der Waals surface area contributed by atoms with E-state index in [1.54, 1.807) is 29.9 Å². The van der Waals surface area contributed by atoms with Crippen LogP contribution in [0.2, 0.25) is 0 Å². The topological polar surface area (TPSA) is 74.1 Å². The van der Waals surface area contributed by atoms with Crippen molar-refractivity contribution < 1.29 is 12.6 Å². The van der Waals surface area contributed by atoms with Crippen LogP contribution in [0.1, 0.15) is 58.2 Å². The molecule has 1 aromatic heterocycles. The first-order valence-electron chi connectivity index (χ1n) is 11.3. The highest BCUT2D eigenvalue weighted by molar-refractivity contribution is 7.87. The lowest BCUT2D eigenvalue weighted by Crippen LogP contribution is -2.23. The quantitative estimate of drug-likeness (QED) is 0.333. The average molecular weight is 478 g/mol. The van der Waals surface area contributed by atoms with E-state index >= 15 is 0 Å². The molecule has 3 aromatic carbocycles. The predicted molar refractivity (Wildman–Crippen MR) is 135 cm³/mol. The molecule has 0 atom stereocenters. The summed E-state index contributed by atoms with van der Waals surface area (Å²) in [6, 6.07) is 18.4. The number of rotatable bonds is 4. The first-order chi connectivity index (χ1) is 15.8. The molecule has 0 saturated heterocycles. The molecule has 0 unspecified atom stereocenters. The van der Waals surface area contributed by atoms with Crippen LogP contribution in [0.25, 0.3) is 16.7 Å². The average Bonchev–Trinajstić information content (AvgIpc) is 3.16. The van der Waals surface area contributed by atoms with Gasteiger partial charge in [0.15, 0.2) is 5.75 Å². The summed E-state index contributed by atoms with van der Waals surface area (Å²) in [4.78, 5) is 1.77. The smallest absolute Gasteiger partial charge is 0.339 e. The third-order valence-electron chi connectivity index (χ3n) is 5.76. The van der Waals surface area contributed by atoms with Gasteiger partial charge >= 0.3 is 10.1 Å². The molecule has 4 aromatic rings.